The molecule has 112 valence electrons. The van der Waals surface area contributed by atoms with Gasteiger partial charge in [0.15, 0.2) is 0 Å². The van der Waals surface area contributed by atoms with E-state index < -0.39 is 10.0 Å². The summed E-state index contributed by atoms with van der Waals surface area (Å²) in [5.41, 5.74) is 0. The number of sulfonamides is 1. The van der Waals surface area contributed by atoms with Crippen LogP contribution in [0.25, 0.3) is 0 Å². The quantitative estimate of drug-likeness (QED) is 0.781. The summed E-state index contributed by atoms with van der Waals surface area (Å²) in [4.78, 5) is 0.0303. The fourth-order valence-electron chi connectivity index (χ4n) is 2.00. The normalized spacial score (nSPS) is 19.2. The first kappa shape index (κ1) is 16.2. The Balaban J connectivity index is 2.04. The predicted octanol–water partition coefficient (Wildman–Crippen LogP) is 2.81. The molecule has 1 aliphatic heterocycles. The SMILES string of the molecule is NS(=O)(=O)c1cc(Br)c(OCCC2CCCO2)c(Br)c1. The molecule has 20 heavy (non-hydrogen) atoms. The molecule has 1 aromatic rings. The molecule has 1 fully saturated rings. The van der Waals surface area contributed by atoms with Gasteiger partial charge < -0.3 is 9.47 Å². The molecule has 0 bridgehead atoms. The van der Waals surface area contributed by atoms with Gasteiger partial charge in [-0.2, -0.15) is 0 Å². The van der Waals surface area contributed by atoms with E-state index in [-0.39, 0.29) is 11.0 Å². The van der Waals surface area contributed by atoms with Crippen LogP contribution in [0.15, 0.2) is 26.0 Å². The fraction of sp³-hybridized carbons (Fsp3) is 0.500. The number of primary sulfonamides is 1. The topological polar surface area (TPSA) is 78.6 Å². The molecular formula is C12H15Br2NO4S. The van der Waals surface area contributed by atoms with Crippen molar-refractivity contribution in [2.45, 2.75) is 30.3 Å². The molecule has 1 atom stereocenters. The maximum atomic E-state index is 11.3. The summed E-state index contributed by atoms with van der Waals surface area (Å²) in [6.07, 6.45) is 3.24. The van der Waals surface area contributed by atoms with Crippen molar-refractivity contribution in [1.82, 2.24) is 0 Å². The van der Waals surface area contributed by atoms with Gasteiger partial charge in [0.1, 0.15) is 5.75 Å². The van der Waals surface area contributed by atoms with Crippen molar-refractivity contribution < 1.29 is 17.9 Å². The Morgan fingerprint density at radius 2 is 2.00 bits per heavy atom. The number of hydrogen-bond donors (Lipinski definition) is 1. The first-order valence-corrected chi connectivity index (χ1v) is 9.27. The third-order valence-electron chi connectivity index (χ3n) is 3.01. The standard InChI is InChI=1S/C12H15Br2NO4S/c13-10-6-9(20(15,16)17)7-11(14)12(10)19-5-3-8-2-1-4-18-8/h6-8H,1-5H2,(H2,15,16,17). The van der Waals surface area contributed by atoms with Gasteiger partial charge in [-0.15, -0.1) is 0 Å². The van der Waals surface area contributed by atoms with Crippen LogP contribution in [0.1, 0.15) is 19.3 Å². The van der Waals surface area contributed by atoms with Crippen LogP contribution in [-0.2, 0) is 14.8 Å². The van der Waals surface area contributed by atoms with Crippen molar-refractivity contribution in [3.8, 4) is 5.75 Å². The van der Waals surface area contributed by atoms with Crippen LogP contribution < -0.4 is 9.88 Å². The molecule has 5 nitrogen and oxygen atoms in total. The molecule has 1 unspecified atom stereocenters. The molecular weight excluding hydrogens is 414 g/mol. The van der Waals surface area contributed by atoms with Crippen molar-refractivity contribution in [3.05, 3.63) is 21.1 Å². The summed E-state index contributed by atoms with van der Waals surface area (Å²) in [6.45, 7) is 1.33. The summed E-state index contributed by atoms with van der Waals surface area (Å²) < 4.78 is 34.9. The van der Waals surface area contributed by atoms with Gasteiger partial charge in [0.2, 0.25) is 10.0 Å². The fourth-order valence-corrected chi connectivity index (χ4v) is 4.29. The Kier molecular flexibility index (Phi) is 5.47. The lowest BCUT2D eigenvalue weighted by atomic mass is 10.2. The molecule has 1 aliphatic rings. The zero-order chi connectivity index (χ0) is 14.8. The average molecular weight is 429 g/mol. The van der Waals surface area contributed by atoms with Crippen LogP contribution in [0, 0.1) is 0 Å². The van der Waals surface area contributed by atoms with Crippen LogP contribution in [0.2, 0.25) is 0 Å². The van der Waals surface area contributed by atoms with E-state index >= 15 is 0 Å². The molecule has 0 radical (unpaired) electrons. The molecule has 8 heteroatoms. The molecule has 1 saturated heterocycles. The molecule has 0 spiro atoms. The summed E-state index contributed by atoms with van der Waals surface area (Å²) in [7, 11) is -3.73. The van der Waals surface area contributed by atoms with Crippen LogP contribution >= 0.6 is 31.9 Å². The molecule has 2 rings (SSSR count). The second-order valence-electron chi connectivity index (χ2n) is 4.53. The minimum atomic E-state index is -3.73. The van der Waals surface area contributed by atoms with E-state index in [1.807, 2.05) is 0 Å². The number of rotatable bonds is 5. The Morgan fingerprint density at radius 3 is 2.50 bits per heavy atom. The molecule has 1 aromatic carbocycles. The highest BCUT2D eigenvalue weighted by Crippen LogP contribution is 2.36. The van der Waals surface area contributed by atoms with E-state index in [1.54, 1.807) is 0 Å². The zero-order valence-corrected chi connectivity index (χ0v) is 14.6. The maximum absolute atomic E-state index is 11.3. The van der Waals surface area contributed by atoms with Crippen molar-refractivity contribution in [2.75, 3.05) is 13.2 Å². The van der Waals surface area contributed by atoms with Gasteiger partial charge in [-0.3, -0.25) is 0 Å². The van der Waals surface area contributed by atoms with E-state index in [4.69, 9.17) is 14.6 Å². The highest BCUT2D eigenvalue weighted by atomic mass is 79.9. The molecule has 2 N–H and O–H groups in total. The van der Waals surface area contributed by atoms with Gasteiger partial charge in [0.25, 0.3) is 0 Å². The molecule has 1 heterocycles. The Hall–Kier alpha value is -0.150. The van der Waals surface area contributed by atoms with Gasteiger partial charge in [-0.25, -0.2) is 13.6 Å². The van der Waals surface area contributed by atoms with Crippen molar-refractivity contribution in [3.63, 3.8) is 0 Å². The maximum Gasteiger partial charge on any atom is 0.238 e. The largest absolute Gasteiger partial charge is 0.491 e. The minimum Gasteiger partial charge on any atom is -0.491 e. The van der Waals surface area contributed by atoms with E-state index in [9.17, 15) is 8.42 Å². The lowest BCUT2D eigenvalue weighted by Crippen LogP contribution is -2.13. The Bertz CT molecular complexity index is 562. The van der Waals surface area contributed by atoms with Crippen LogP contribution in [-0.4, -0.2) is 27.7 Å². The van der Waals surface area contributed by atoms with Crippen molar-refractivity contribution >= 4 is 41.9 Å². The summed E-state index contributed by atoms with van der Waals surface area (Å²) in [5, 5.41) is 5.10. The molecule has 0 saturated carbocycles. The lowest BCUT2D eigenvalue weighted by molar-refractivity contribution is 0.0901. The van der Waals surface area contributed by atoms with Gasteiger partial charge >= 0.3 is 0 Å². The van der Waals surface area contributed by atoms with E-state index in [0.29, 0.717) is 21.3 Å². The second kappa shape index (κ2) is 6.74. The second-order valence-corrected chi connectivity index (χ2v) is 7.80. The van der Waals surface area contributed by atoms with Crippen LogP contribution in [0.5, 0.6) is 5.75 Å². The highest BCUT2D eigenvalue weighted by molar-refractivity contribution is 9.11. The van der Waals surface area contributed by atoms with Crippen molar-refractivity contribution in [2.24, 2.45) is 5.14 Å². The highest BCUT2D eigenvalue weighted by Gasteiger charge is 2.18. The Morgan fingerprint density at radius 1 is 1.35 bits per heavy atom. The number of ether oxygens (including phenoxy) is 2. The summed E-state index contributed by atoms with van der Waals surface area (Å²) in [5.74, 6) is 0.565. The van der Waals surface area contributed by atoms with Crippen LogP contribution in [0.4, 0.5) is 0 Å². The monoisotopic (exact) mass is 427 g/mol. The zero-order valence-electron chi connectivity index (χ0n) is 10.6. The van der Waals surface area contributed by atoms with Gasteiger partial charge in [0.05, 0.1) is 26.6 Å². The smallest absolute Gasteiger partial charge is 0.238 e. The predicted molar refractivity (Wildman–Crippen MR) is 82.3 cm³/mol. The molecule has 0 aromatic heterocycles. The van der Waals surface area contributed by atoms with Gasteiger partial charge in [-0.1, -0.05) is 0 Å². The van der Waals surface area contributed by atoms with Gasteiger partial charge in [-0.05, 0) is 56.8 Å². The third-order valence-corrected chi connectivity index (χ3v) is 5.08. The van der Waals surface area contributed by atoms with E-state index in [0.717, 1.165) is 25.9 Å². The van der Waals surface area contributed by atoms with E-state index in [1.165, 1.54) is 12.1 Å². The first-order valence-electron chi connectivity index (χ1n) is 6.14. The molecule has 0 aliphatic carbocycles. The number of halogens is 2. The summed E-state index contributed by atoms with van der Waals surface area (Å²) in [6, 6.07) is 2.86. The van der Waals surface area contributed by atoms with Crippen LogP contribution in [0.3, 0.4) is 0 Å². The molecule has 0 amide bonds. The lowest BCUT2D eigenvalue weighted by Gasteiger charge is -2.14. The number of benzene rings is 1. The summed E-state index contributed by atoms with van der Waals surface area (Å²) >= 11 is 6.60. The Labute approximate surface area is 135 Å². The third kappa shape index (κ3) is 4.17. The first-order chi connectivity index (χ1) is 9.38. The average Bonchev–Trinajstić information content (AvgIpc) is 2.84. The van der Waals surface area contributed by atoms with Crippen molar-refractivity contribution in [1.29, 1.82) is 0 Å². The minimum absolute atomic E-state index is 0.0303. The number of nitrogens with two attached hydrogens (primary N) is 1. The number of hydrogen-bond acceptors (Lipinski definition) is 4. The van der Waals surface area contributed by atoms with E-state index in [2.05, 4.69) is 31.9 Å². The van der Waals surface area contributed by atoms with Gasteiger partial charge in [0, 0.05) is 13.0 Å².